The molecule has 4 heteroatoms. The number of amides is 1. The molecule has 1 aliphatic heterocycles. The van der Waals surface area contributed by atoms with Crippen LogP contribution in [0, 0.1) is 0 Å². The molecular weight excluding hydrogens is 216 g/mol. The molecule has 1 aliphatic rings. The lowest BCUT2D eigenvalue weighted by Gasteiger charge is -2.45. The molecule has 0 radical (unpaired) electrons. The molecule has 4 nitrogen and oxygen atoms in total. The van der Waals surface area contributed by atoms with Gasteiger partial charge in [-0.1, -0.05) is 13.0 Å². The van der Waals surface area contributed by atoms with Gasteiger partial charge < -0.3 is 10.0 Å². The first-order valence-corrected chi connectivity index (χ1v) is 5.72. The maximum Gasteiger partial charge on any atom is 0.246 e. The summed E-state index contributed by atoms with van der Waals surface area (Å²) in [6.07, 6.45) is 7.33. The minimum atomic E-state index is -0.669. The number of pyridine rings is 1. The van der Waals surface area contributed by atoms with Crippen molar-refractivity contribution in [2.24, 2.45) is 0 Å². The second-order valence-electron chi connectivity index (χ2n) is 4.39. The third-order valence-corrected chi connectivity index (χ3v) is 3.04. The van der Waals surface area contributed by atoms with Gasteiger partial charge >= 0.3 is 0 Å². The van der Waals surface area contributed by atoms with E-state index in [0.29, 0.717) is 19.5 Å². The quantitative estimate of drug-likeness (QED) is 0.793. The number of carbonyl (C=O) groups is 1. The summed E-state index contributed by atoms with van der Waals surface area (Å²) >= 11 is 0. The summed E-state index contributed by atoms with van der Waals surface area (Å²) < 4.78 is 0. The molecule has 1 aromatic heterocycles. The van der Waals surface area contributed by atoms with E-state index in [1.165, 1.54) is 6.08 Å². The number of hydrogen-bond acceptors (Lipinski definition) is 3. The first-order valence-electron chi connectivity index (χ1n) is 5.72. The number of hydrogen-bond donors (Lipinski definition) is 1. The van der Waals surface area contributed by atoms with Gasteiger partial charge in [0.25, 0.3) is 0 Å². The second-order valence-corrected chi connectivity index (χ2v) is 4.39. The molecule has 0 spiro atoms. The molecule has 1 saturated heterocycles. The minimum absolute atomic E-state index is 0.0630. The fourth-order valence-corrected chi connectivity index (χ4v) is 1.79. The highest BCUT2D eigenvalue weighted by molar-refractivity contribution is 5.92. The van der Waals surface area contributed by atoms with Crippen LogP contribution in [0.1, 0.15) is 18.9 Å². The Kier molecular flexibility index (Phi) is 3.24. The summed E-state index contributed by atoms with van der Waals surface area (Å²) in [6, 6.07) is 3.71. The van der Waals surface area contributed by atoms with Gasteiger partial charge in [0, 0.05) is 18.5 Å². The number of β-amino-alcohol motifs (C(OH)–C–C–N with tert-alkyl or cyclic N) is 1. The van der Waals surface area contributed by atoms with E-state index in [-0.39, 0.29) is 5.91 Å². The number of rotatable bonds is 3. The zero-order valence-corrected chi connectivity index (χ0v) is 9.84. The van der Waals surface area contributed by atoms with E-state index in [2.05, 4.69) is 4.98 Å². The zero-order valence-electron chi connectivity index (χ0n) is 9.84. The number of aromatic nitrogens is 1. The SMILES string of the molecule is CCC1(O)CN(C(=O)C=Cc2cccnc2)C1. The van der Waals surface area contributed by atoms with Gasteiger partial charge in [0.15, 0.2) is 0 Å². The normalized spacial score (nSPS) is 18.1. The van der Waals surface area contributed by atoms with Gasteiger partial charge in [-0.25, -0.2) is 0 Å². The van der Waals surface area contributed by atoms with Gasteiger partial charge in [0.1, 0.15) is 0 Å². The lowest BCUT2D eigenvalue weighted by atomic mass is 9.91. The minimum Gasteiger partial charge on any atom is -0.386 e. The highest BCUT2D eigenvalue weighted by Gasteiger charge is 2.41. The van der Waals surface area contributed by atoms with Crippen LogP contribution in [0.25, 0.3) is 6.08 Å². The van der Waals surface area contributed by atoms with Crippen LogP contribution in [0.15, 0.2) is 30.6 Å². The van der Waals surface area contributed by atoms with Crippen molar-refractivity contribution in [2.75, 3.05) is 13.1 Å². The van der Waals surface area contributed by atoms with Crippen LogP contribution in [0.5, 0.6) is 0 Å². The highest BCUT2D eigenvalue weighted by atomic mass is 16.3. The molecule has 1 aromatic rings. The lowest BCUT2D eigenvalue weighted by Crippen LogP contribution is -2.62. The molecule has 0 unspecified atom stereocenters. The van der Waals surface area contributed by atoms with Gasteiger partial charge in [-0.15, -0.1) is 0 Å². The predicted molar refractivity (Wildman–Crippen MR) is 65.1 cm³/mol. The smallest absolute Gasteiger partial charge is 0.246 e. The van der Waals surface area contributed by atoms with Crippen LogP contribution in [-0.2, 0) is 4.79 Å². The third-order valence-electron chi connectivity index (χ3n) is 3.04. The Morgan fingerprint density at radius 3 is 3.00 bits per heavy atom. The van der Waals surface area contributed by atoms with Gasteiger partial charge in [-0.3, -0.25) is 9.78 Å². The maximum absolute atomic E-state index is 11.7. The summed E-state index contributed by atoms with van der Waals surface area (Å²) in [4.78, 5) is 17.3. The largest absolute Gasteiger partial charge is 0.386 e. The molecule has 0 bridgehead atoms. The average molecular weight is 232 g/mol. The predicted octanol–water partition coefficient (Wildman–Crippen LogP) is 1.08. The van der Waals surface area contributed by atoms with Crippen molar-refractivity contribution >= 4 is 12.0 Å². The fraction of sp³-hybridized carbons (Fsp3) is 0.385. The van der Waals surface area contributed by atoms with E-state index in [4.69, 9.17) is 0 Å². The van der Waals surface area contributed by atoms with Crippen LogP contribution in [0.2, 0.25) is 0 Å². The first-order chi connectivity index (χ1) is 8.13. The summed E-state index contributed by atoms with van der Waals surface area (Å²) in [6.45, 7) is 2.78. The molecule has 0 atom stereocenters. The van der Waals surface area contributed by atoms with Crippen molar-refractivity contribution in [1.82, 2.24) is 9.88 Å². The Balaban J connectivity index is 1.89. The van der Waals surface area contributed by atoms with Gasteiger partial charge in [0.05, 0.1) is 18.7 Å². The Hall–Kier alpha value is -1.68. The Morgan fingerprint density at radius 1 is 1.65 bits per heavy atom. The van der Waals surface area contributed by atoms with Crippen molar-refractivity contribution in [3.8, 4) is 0 Å². The molecule has 2 rings (SSSR count). The van der Waals surface area contributed by atoms with Crippen LogP contribution in [0.4, 0.5) is 0 Å². The van der Waals surface area contributed by atoms with Crippen molar-refractivity contribution in [3.63, 3.8) is 0 Å². The van der Waals surface area contributed by atoms with Crippen molar-refractivity contribution < 1.29 is 9.90 Å². The molecule has 1 N–H and O–H groups in total. The van der Waals surface area contributed by atoms with Crippen LogP contribution < -0.4 is 0 Å². The van der Waals surface area contributed by atoms with E-state index < -0.39 is 5.60 Å². The van der Waals surface area contributed by atoms with Crippen LogP contribution >= 0.6 is 0 Å². The van der Waals surface area contributed by atoms with Crippen molar-refractivity contribution in [3.05, 3.63) is 36.2 Å². The molecule has 2 heterocycles. The number of carbonyl (C=O) groups excluding carboxylic acids is 1. The zero-order chi connectivity index (χ0) is 12.3. The van der Waals surface area contributed by atoms with Crippen LogP contribution in [-0.4, -0.2) is 39.6 Å². The van der Waals surface area contributed by atoms with Gasteiger partial charge in [-0.2, -0.15) is 0 Å². The molecule has 90 valence electrons. The van der Waals surface area contributed by atoms with Gasteiger partial charge in [-0.05, 0) is 24.1 Å². The summed E-state index contributed by atoms with van der Waals surface area (Å²) in [7, 11) is 0. The Bertz CT molecular complexity index is 422. The van der Waals surface area contributed by atoms with Gasteiger partial charge in [0.2, 0.25) is 5.91 Å². The Labute approximate surface area is 101 Å². The molecule has 1 fully saturated rings. The monoisotopic (exact) mass is 232 g/mol. The van der Waals surface area contributed by atoms with Crippen LogP contribution in [0.3, 0.4) is 0 Å². The van der Waals surface area contributed by atoms with E-state index >= 15 is 0 Å². The van der Waals surface area contributed by atoms with Crippen molar-refractivity contribution in [2.45, 2.75) is 18.9 Å². The maximum atomic E-state index is 11.7. The first kappa shape index (κ1) is 11.8. The molecular formula is C13H16N2O2. The molecule has 0 saturated carbocycles. The van der Waals surface area contributed by atoms with E-state index in [0.717, 1.165) is 5.56 Å². The standard InChI is InChI=1S/C13H16N2O2/c1-2-13(17)9-15(10-13)12(16)6-5-11-4-3-7-14-8-11/h3-8,17H,2,9-10H2,1H3. The lowest BCUT2D eigenvalue weighted by molar-refractivity contribution is -0.150. The van der Waals surface area contributed by atoms with Crippen molar-refractivity contribution in [1.29, 1.82) is 0 Å². The average Bonchev–Trinajstić information content (AvgIpc) is 2.33. The number of likely N-dealkylation sites (tertiary alicyclic amines) is 1. The highest BCUT2D eigenvalue weighted by Crippen LogP contribution is 2.24. The second kappa shape index (κ2) is 4.67. The van der Waals surface area contributed by atoms with E-state index in [1.54, 1.807) is 23.4 Å². The summed E-state index contributed by atoms with van der Waals surface area (Å²) in [5, 5.41) is 9.80. The molecule has 0 aliphatic carbocycles. The fourth-order valence-electron chi connectivity index (χ4n) is 1.79. The topological polar surface area (TPSA) is 53.4 Å². The van der Waals surface area contributed by atoms with E-state index in [1.807, 2.05) is 19.1 Å². The molecule has 0 aromatic carbocycles. The molecule has 17 heavy (non-hydrogen) atoms. The van der Waals surface area contributed by atoms with E-state index in [9.17, 15) is 9.90 Å². The number of nitrogens with zero attached hydrogens (tertiary/aromatic N) is 2. The summed E-state index contributed by atoms with van der Waals surface area (Å²) in [5.74, 6) is -0.0630. The Morgan fingerprint density at radius 2 is 2.41 bits per heavy atom. The third kappa shape index (κ3) is 2.71. The number of aliphatic hydroxyl groups is 1. The summed E-state index contributed by atoms with van der Waals surface area (Å²) in [5.41, 5.74) is 0.227. The molecule has 1 amide bonds.